The summed E-state index contributed by atoms with van der Waals surface area (Å²) >= 11 is 1.74. The molecule has 118 valence electrons. The predicted octanol–water partition coefficient (Wildman–Crippen LogP) is 4.19. The highest BCUT2D eigenvalue weighted by Gasteiger charge is 2.00. The van der Waals surface area contributed by atoms with E-state index in [0.717, 1.165) is 22.9 Å². The van der Waals surface area contributed by atoms with Crippen LogP contribution in [0.1, 0.15) is 0 Å². The highest BCUT2D eigenvalue weighted by atomic mass is 127. The summed E-state index contributed by atoms with van der Waals surface area (Å²) in [5.41, 5.74) is 6.69. The molecular formula is C16H20IN3OS. The van der Waals surface area contributed by atoms with Gasteiger partial charge in [0.2, 0.25) is 0 Å². The number of halogens is 1. The summed E-state index contributed by atoms with van der Waals surface area (Å²) in [6, 6.07) is 17.3. The minimum atomic E-state index is 0. The Labute approximate surface area is 152 Å². The van der Waals surface area contributed by atoms with Gasteiger partial charge in [0.1, 0.15) is 11.5 Å². The Bertz CT molecular complexity index is 593. The van der Waals surface area contributed by atoms with E-state index in [1.54, 1.807) is 11.8 Å². The van der Waals surface area contributed by atoms with Crippen LogP contribution in [0.5, 0.6) is 11.5 Å². The molecule has 0 radical (unpaired) electrons. The zero-order valence-corrected chi connectivity index (χ0v) is 15.5. The molecular weight excluding hydrogens is 409 g/mol. The molecule has 22 heavy (non-hydrogen) atoms. The van der Waals surface area contributed by atoms with Crippen LogP contribution >= 0.6 is 35.7 Å². The van der Waals surface area contributed by atoms with E-state index < -0.39 is 0 Å². The Morgan fingerprint density at radius 3 is 2.59 bits per heavy atom. The van der Waals surface area contributed by atoms with E-state index in [2.05, 4.69) is 10.3 Å². The minimum Gasteiger partial charge on any atom is -0.457 e. The fraction of sp³-hybridized carbons (Fsp3) is 0.188. The minimum absolute atomic E-state index is 0. The summed E-state index contributed by atoms with van der Waals surface area (Å²) < 4.78 is 5.78. The molecule has 0 unspecified atom stereocenters. The SMILES string of the molecule is CSCCN=C(N)Nc1cccc(Oc2ccccc2)c1.I. The molecule has 0 atom stereocenters. The summed E-state index contributed by atoms with van der Waals surface area (Å²) in [6.07, 6.45) is 2.05. The van der Waals surface area contributed by atoms with E-state index in [1.807, 2.05) is 60.9 Å². The maximum atomic E-state index is 5.84. The normalized spacial score (nSPS) is 10.7. The molecule has 0 fully saturated rings. The van der Waals surface area contributed by atoms with Crippen molar-refractivity contribution in [3.8, 4) is 11.5 Å². The quantitative estimate of drug-likeness (QED) is 0.313. The van der Waals surface area contributed by atoms with Crippen molar-refractivity contribution in [2.75, 3.05) is 23.9 Å². The van der Waals surface area contributed by atoms with E-state index >= 15 is 0 Å². The van der Waals surface area contributed by atoms with Gasteiger partial charge in [-0.05, 0) is 30.5 Å². The van der Waals surface area contributed by atoms with Gasteiger partial charge in [-0.3, -0.25) is 4.99 Å². The molecule has 0 spiro atoms. The topological polar surface area (TPSA) is 59.6 Å². The van der Waals surface area contributed by atoms with E-state index in [4.69, 9.17) is 10.5 Å². The average molecular weight is 429 g/mol. The first-order valence-corrected chi connectivity index (χ1v) is 8.06. The average Bonchev–Trinajstić information content (AvgIpc) is 2.49. The number of guanidine groups is 1. The number of ether oxygens (including phenoxy) is 1. The van der Waals surface area contributed by atoms with Crippen LogP contribution in [0.2, 0.25) is 0 Å². The van der Waals surface area contributed by atoms with Crippen molar-refractivity contribution < 1.29 is 4.74 Å². The third kappa shape index (κ3) is 6.57. The lowest BCUT2D eigenvalue weighted by molar-refractivity contribution is 0.483. The van der Waals surface area contributed by atoms with Crippen LogP contribution in [0.15, 0.2) is 59.6 Å². The fourth-order valence-electron chi connectivity index (χ4n) is 1.71. The molecule has 0 saturated carbocycles. The second-order valence-corrected chi connectivity index (χ2v) is 5.31. The summed E-state index contributed by atoms with van der Waals surface area (Å²) in [5, 5.41) is 3.07. The fourth-order valence-corrected chi connectivity index (χ4v) is 1.98. The first-order valence-electron chi connectivity index (χ1n) is 6.67. The zero-order chi connectivity index (χ0) is 14.9. The van der Waals surface area contributed by atoms with Gasteiger partial charge in [-0.1, -0.05) is 24.3 Å². The number of para-hydroxylation sites is 1. The number of anilines is 1. The van der Waals surface area contributed by atoms with Gasteiger partial charge in [0.25, 0.3) is 0 Å². The number of hydrogen-bond acceptors (Lipinski definition) is 3. The highest BCUT2D eigenvalue weighted by Crippen LogP contribution is 2.23. The van der Waals surface area contributed by atoms with Crippen LogP contribution in [0.4, 0.5) is 5.69 Å². The Balaban J connectivity index is 0.00000242. The molecule has 0 saturated heterocycles. The smallest absolute Gasteiger partial charge is 0.193 e. The number of rotatable bonds is 6. The van der Waals surface area contributed by atoms with E-state index in [9.17, 15) is 0 Å². The van der Waals surface area contributed by atoms with E-state index in [0.29, 0.717) is 12.5 Å². The molecule has 0 heterocycles. The number of aliphatic imine (C=N–C) groups is 1. The Kier molecular flexibility index (Phi) is 8.76. The second kappa shape index (κ2) is 10.3. The second-order valence-electron chi connectivity index (χ2n) is 4.33. The van der Waals surface area contributed by atoms with Crippen molar-refractivity contribution in [3.63, 3.8) is 0 Å². The first-order chi connectivity index (χ1) is 10.3. The van der Waals surface area contributed by atoms with Crippen molar-refractivity contribution in [3.05, 3.63) is 54.6 Å². The number of thioether (sulfide) groups is 1. The molecule has 0 aliphatic rings. The van der Waals surface area contributed by atoms with Gasteiger partial charge in [-0.25, -0.2) is 0 Å². The molecule has 2 aromatic carbocycles. The monoisotopic (exact) mass is 429 g/mol. The predicted molar refractivity (Wildman–Crippen MR) is 107 cm³/mol. The van der Waals surface area contributed by atoms with Crippen molar-refractivity contribution in [1.82, 2.24) is 0 Å². The van der Waals surface area contributed by atoms with Gasteiger partial charge in [0, 0.05) is 17.5 Å². The highest BCUT2D eigenvalue weighted by molar-refractivity contribution is 14.0. The van der Waals surface area contributed by atoms with Crippen molar-refractivity contribution in [2.45, 2.75) is 0 Å². The summed E-state index contributed by atoms with van der Waals surface area (Å²) in [7, 11) is 0. The molecule has 4 nitrogen and oxygen atoms in total. The Morgan fingerprint density at radius 2 is 1.86 bits per heavy atom. The Hall–Kier alpha value is -1.41. The van der Waals surface area contributed by atoms with Crippen LogP contribution in [-0.2, 0) is 0 Å². The van der Waals surface area contributed by atoms with Gasteiger partial charge in [-0.2, -0.15) is 11.8 Å². The molecule has 0 amide bonds. The van der Waals surface area contributed by atoms with Gasteiger partial charge < -0.3 is 15.8 Å². The third-order valence-corrected chi connectivity index (χ3v) is 3.25. The molecule has 3 N–H and O–H groups in total. The molecule has 2 aromatic rings. The maximum Gasteiger partial charge on any atom is 0.193 e. The van der Waals surface area contributed by atoms with Gasteiger partial charge in [-0.15, -0.1) is 24.0 Å². The largest absolute Gasteiger partial charge is 0.457 e. The van der Waals surface area contributed by atoms with Crippen LogP contribution < -0.4 is 15.8 Å². The van der Waals surface area contributed by atoms with Gasteiger partial charge in [0.05, 0.1) is 6.54 Å². The first kappa shape index (κ1) is 18.6. The van der Waals surface area contributed by atoms with Crippen molar-refractivity contribution in [1.29, 1.82) is 0 Å². The van der Waals surface area contributed by atoms with E-state index in [1.165, 1.54) is 0 Å². The lowest BCUT2D eigenvalue weighted by atomic mass is 10.3. The molecule has 0 bridgehead atoms. The molecule has 0 aliphatic carbocycles. The lowest BCUT2D eigenvalue weighted by Gasteiger charge is -2.09. The number of hydrogen-bond donors (Lipinski definition) is 2. The molecule has 2 rings (SSSR count). The van der Waals surface area contributed by atoms with Crippen molar-refractivity contribution >= 4 is 47.4 Å². The van der Waals surface area contributed by atoms with Gasteiger partial charge >= 0.3 is 0 Å². The summed E-state index contributed by atoms with van der Waals surface area (Å²) in [5.74, 6) is 2.93. The van der Waals surface area contributed by atoms with Gasteiger partial charge in [0.15, 0.2) is 5.96 Å². The van der Waals surface area contributed by atoms with Crippen LogP contribution in [0, 0.1) is 0 Å². The van der Waals surface area contributed by atoms with Crippen LogP contribution in [0.3, 0.4) is 0 Å². The molecule has 0 aromatic heterocycles. The molecule has 6 heteroatoms. The van der Waals surface area contributed by atoms with Crippen LogP contribution in [-0.4, -0.2) is 24.5 Å². The van der Waals surface area contributed by atoms with Crippen LogP contribution in [0.25, 0.3) is 0 Å². The number of nitrogens with one attached hydrogen (secondary N) is 1. The van der Waals surface area contributed by atoms with Crippen molar-refractivity contribution in [2.24, 2.45) is 10.7 Å². The number of nitrogens with zero attached hydrogens (tertiary/aromatic N) is 1. The summed E-state index contributed by atoms with van der Waals surface area (Å²) in [4.78, 5) is 4.24. The zero-order valence-electron chi connectivity index (χ0n) is 12.4. The number of nitrogens with two attached hydrogens (primary N) is 1. The third-order valence-electron chi connectivity index (χ3n) is 2.66. The standard InChI is InChI=1S/C16H19N3OS.HI/c1-21-11-10-18-16(17)19-13-6-5-9-15(12-13)20-14-7-3-2-4-8-14;/h2-9,12H,10-11H2,1H3,(H3,17,18,19);1H. The Morgan fingerprint density at radius 1 is 1.14 bits per heavy atom. The van der Waals surface area contributed by atoms with E-state index in [-0.39, 0.29) is 24.0 Å². The molecule has 0 aliphatic heterocycles. The lowest BCUT2D eigenvalue weighted by Crippen LogP contribution is -2.23. The summed E-state index contributed by atoms with van der Waals surface area (Å²) in [6.45, 7) is 0.709. The number of benzene rings is 2. The maximum absolute atomic E-state index is 5.84.